The lowest BCUT2D eigenvalue weighted by molar-refractivity contribution is -0.147. The van der Waals surface area contributed by atoms with Gasteiger partial charge in [-0.2, -0.15) is 0 Å². The molecule has 1 saturated heterocycles. The van der Waals surface area contributed by atoms with Crippen molar-refractivity contribution in [2.75, 3.05) is 26.7 Å². The number of piperazine rings is 1. The third kappa shape index (κ3) is 2.60. The molecule has 0 aromatic rings. The summed E-state index contributed by atoms with van der Waals surface area (Å²) >= 11 is 0. The largest absolute Gasteiger partial charge is 0.342 e. The van der Waals surface area contributed by atoms with E-state index in [1.54, 1.807) is 16.8 Å². The maximum Gasteiger partial charge on any atom is 0.241 e. The average molecular weight is 239 g/mol. The van der Waals surface area contributed by atoms with Crippen LogP contribution in [0.15, 0.2) is 0 Å². The van der Waals surface area contributed by atoms with Gasteiger partial charge < -0.3 is 15.5 Å². The van der Waals surface area contributed by atoms with Crippen LogP contribution in [0.3, 0.4) is 0 Å². The van der Waals surface area contributed by atoms with Gasteiger partial charge in [0.05, 0.1) is 12.5 Å². The summed E-state index contributed by atoms with van der Waals surface area (Å²) in [5.41, 5.74) is 6.01. The van der Waals surface area contributed by atoms with Crippen molar-refractivity contribution < 1.29 is 9.59 Å². The molecule has 0 radical (unpaired) electrons. The van der Waals surface area contributed by atoms with Crippen LogP contribution in [-0.2, 0) is 9.59 Å². The number of rotatable bonds is 1. The summed E-state index contributed by atoms with van der Waals surface area (Å²) in [5.74, 6) is 0.0348. The molecule has 0 aromatic heterocycles. The standard InChI is InChI=1S/C12H21N3O2/c1-14-6-7-15(8-11(14)16)12(17)9-4-2-3-5-10(9)13/h9-10H,2-8,13H2,1H3. The maximum atomic E-state index is 12.3. The van der Waals surface area contributed by atoms with Crippen molar-refractivity contribution in [3.8, 4) is 0 Å². The summed E-state index contributed by atoms with van der Waals surface area (Å²) < 4.78 is 0. The Bertz CT molecular complexity index is 319. The maximum absolute atomic E-state index is 12.3. The van der Waals surface area contributed by atoms with E-state index in [0.717, 1.165) is 25.7 Å². The molecule has 2 N–H and O–H groups in total. The number of nitrogens with zero attached hydrogens (tertiary/aromatic N) is 2. The minimum atomic E-state index is -0.0695. The summed E-state index contributed by atoms with van der Waals surface area (Å²) in [6.45, 7) is 1.50. The van der Waals surface area contributed by atoms with Crippen molar-refractivity contribution in [1.82, 2.24) is 9.80 Å². The second kappa shape index (κ2) is 5.04. The molecule has 1 heterocycles. The van der Waals surface area contributed by atoms with Gasteiger partial charge in [0.2, 0.25) is 11.8 Å². The van der Waals surface area contributed by atoms with Crippen molar-refractivity contribution in [1.29, 1.82) is 0 Å². The first kappa shape index (κ1) is 12.4. The molecular formula is C12H21N3O2. The molecule has 2 amide bonds. The average Bonchev–Trinajstić information content (AvgIpc) is 2.32. The Kier molecular flexibility index (Phi) is 3.66. The summed E-state index contributed by atoms with van der Waals surface area (Å²) in [4.78, 5) is 27.2. The topological polar surface area (TPSA) is 66.6 Å². The number of carbonyl (C=O) groups is 2. The van der Waals surface area contributed by atoms with Gasteiger partial charge in [-0.15, -0.1) is 0 Å². The van der Waals surface area contributed by atoms with E-state index in [0.29, 0.717) is 13.1 Å². The lowest BCUT2D eigenvalue weighted by Gasteiger charge is -2.36. The van der Waals surface area contributed by atoms with Gasteiger partial charge >= 0.3 is 0 Å². The number of hydrogen-bond donors (Lipinski definition) is 1. The Morgan fingerprint density at radius 3 is 2.65 bits per heavy atom. The fourth-order valence-electron chi connectivity index (χ4n) is 2.65. The van der Waals surface area contributed by atoms with Crippen LogP contribution in [0.5, 0.6) is 0 Å². The summed E-state index contributed by atoms with van der Waals surface area (Å²) in [7, 11) is 1.77. The number of nitrogens with two attached hydrogens (primary N) is 1. The third-order valence-electron chi connectivity index (χ3n) is 3.91. The van der Waals surface area contributed by atoms with Gasteiger partial charge in [0.1, 0.15) is 0 Å². The van der Waals surface area contributed by atoms with E-state index in [4.69, 9.17) is 5.73 Å². The fraction of sp³-hybridized carbons (Fsp3) is 0.833. The highest BCUT2D eigenvalue weighted by molar-refractivity contribution is 5.87. The monoisotopic (exact) mass is 239 g/mol. The summed E-state index contributed by atoms with van der Waals surface area (Å²) in [5, 5.41) is 0. The molecule has 2 aliphatic rings. The van der Waals surface area contributed by atoms with E-state index in [9.17, 15) is 9.59 Å². The molecule has 2 unspecified atom stereocenters. The van der Waals surface area contributed by atoms with Gasteiger partial charge in [0, 0.05) is 26.2 Å². The first-order chi connectivity index (χ1) is 8.09. The van der Waals surface area contributed by atoms with Gasteiger partial charge in [-0.25, -0.2) is 0 Å². The first-order valence-electron chi connectivity index (χ1n) is 6.38. The van der Waals surface area contributed by atoms with Gasteiger partial charge in [0.15, 0.2) is 0 Å². The molecule has 1 saturated carbocycles. The van der Waals surface area contributed by atoms with Gasteiger partial charge in [0.25, 0.3) is 0 Å². The number of amides is 2. The van der Waals surface area contributed by atoms with Gasteiger partial charge in [-0.05, 0) is 12.8 Å². The number of hydrogen-bond acceptors (Lipinski definition) is 3. The van der Waals surface area contributed by atoms with Crippen LogP contribution in [-0.4, -0.2) is 54.3 Å². The molecule has 2 atom stereocenters. The van der Waals surface area contributed by atoms with Crippen LogP contribution >= 0.6 is 0 Å². The quantitative estimate of drug-likeness (QED) is 0.689. The first-order valence-corrected chi connectivity index (χ1v) is 6.38. The zero-order valence-corrected chi connectivity index (χ0v) is 10.4. The van der Waals surface area contributed by atoms with Crippen molar-refractivity contribution in [3.63, 3.8) is 0 Å². The molecule has 17 heavy (non-hydrogen) atoms. The zero-order valence-electron chi connectivity index (χ0n) is 10.4. The van der Waals surface area contributed by atoms with E-state index in [-0.39, 0.29) is 30.3 Å². The van der Waals surface area contributed by atoms with Gasteiger partial charge in [-0.3, -0.25) is 9.59 Å². The second-order valence-corrected chi connectivity index (χ2v) is 5.13. The molecule has 5 nitrogen and oxygen atoms in total. The Morgan fingerprint density at radius 2 is 2.00 bits per heavy atom. The summed E-state index contributed by atoms with van der Waals surface area (Å²) in [6, 6.07) is -0.0222. The predicted molar refractivity (Wildman–Crippen MR) is 64.2 cm³/mol. The lowest BCUT2D eigenvalue weighted by atomic mass is 9.84. The molecule has 96 valence electrons. The van der Waals surface area contributed by atoms with Crippen LogP contribution < -0.4 is 5.73 Å². The van der Waals surface area contributed by atoms with Crippen LogP contribution in [0.2, 0.25) is 0 Å². The van der Waals surface area contributed by atoms with Gasteiger partial charge in [-0.1, -0.05) is 12.8 Å². The van der Waals surface area contributed by atoms with E-state index in [1.807, 2.05) is 0 Å². The normalized spacial score (nSPS) is 30.6. The molecule has 0 spiro atoms. The molecule has 2 rings (SSSR count). The highest BCUT2D eigenvalue weighted by Crippen LogP contribution is 2.25. The Labute approximate surface area is 102 Å². The zero-order chi connectivity index (χ0) is 12.4. The molecular weight excluding hydrogens is 218 g/mol. The minimum Gasteiger partial charge on any atom is -0.342 e. The summed E-state index contributed by atoms with van der Waals surface area (Å²) in [6.07, 6.45) is 4.00. The van der Waals surface area contributed by atoms with Crippen LogP contribution in [0.25, 0.3) is 0 Å². The number of carbonyl (C=O) groups excluding carboxylic acids is 2. The molecule has 2 fully saturated rings. The lowest BCUT2D eigenvalue weighted by Crippen LogP contribution is -2.54. The van der Waals surface area contributed by atoms with Crippen LogP contribution in [0.1, 0.15) is 25.7 Å². The van der Waals surface area contributed by atoms with Crippen molar-refractivity contribution in [2.45, 2.75) is 31.7 Å². The van der Waals surface area contributed by atoms with E-state index in [2.05, 4.69) is 0 Å². The highest BCUT2D eigenvalue weighted by atomic mass is 16.2. The Hall–Kier alpha value is -1.10. The van der Waals surface area contributed by atoms with Crippen LogP contribution in [0, 0.1) is 5.92 Å². The highest BCUT2D eigenvalue weighted by Gasteiger charge is 2.34. The second-order valence-electron chi connectivity index (χ2n) is 5.13. The van der Waals surface area contributed by atoms with E-state index >= 15 is 0 Å². The molecule has 0 bridgehead atoms. The molecule has 1 aliphatic carbocycles. The Balaban J connectivity index is 1.97. The van der Waals surface area contributed by atoms with Crippen molar-refractivity contribution in [3.05, 3.63) is 0 Å². The smallest absolute Gasteiger partial charge is 0.241 e. The van der Waals surface area contributed by atoms with Crippen molar-refractivity contribution >= 4 is 11.8 Å². The minimum absolute atomic E-state index is 0.0222. The Morgan fingerprint density at radius 1 is 1.29 bits per heavy atom. The third-order valence-corrected chi connectivity index (χ3v) is 3.91. The van der Waals surface area contributed by atoms with E-state index in [1.165, 1.54) is 0 Å². The molecule has 5 heteroatoms. The number of likely N-dealkylation sites (N-methyl/N-ethyl adjacent to an activating group) is 1. The SMILES string of the molecule is CN1CCN(C(=O)C2CCCCC2N)CC1=O. The fourth-order valence-corrected chi connectivity index (χ4v) is 2.65. The predicted octanol–water partition coefficient (Wildman–Crippen LogP) is -0.195. The molecule has 1 aliphatic heterocycles. The van der Waals surface area contributed by atoms with Crippen LogP contribution in [0.4, 0.5) is 0 Å². The molecule has 0 aromatic carbocycles. The van der Waals surface area contributed by atoms with Crippen molar-refractivity contribution in [2.24, 2.45) is 11.7 Å². The van der Waals surface area contributed by atoms with E-state index < -0.39 is 0 Å².